The number of ether oxygens (including phenoxy) is 1. The molecule has 0 spiro atoms. The molecule has 5 rings (SSSR count). The highest BCUT2D eigenvalue weighted by Gasteiger charge is 2.54. The molecule has 0 atom stereocenters. The lowest BCUT2D eigenvalue weighted by Crippen LogP contribution is -2.51. The van der Waals surface area contributed by atoms with Crippen LogP contribution in [0.25, 0.3) is 0 Å². The average molecular weight is 420 g/mol. The summed E-state index contributed by atoms with van der Waals surface area (Å²) in [5.41, 5.74) is -0.149. The van der Waals surface area contributed by atoms with E-state index >= 15 is 0 Å². The number of benzene rings is 1. The molecule has 1 amide bonds. The van der Waals surface area contributed by atoms with E-state index in [0.717, 1.165) is 31.0 Å². The van der Waals surface area contributed by atoms with Gasteiger partial charge in [0, 0.05) is 5.41 Å². The van der Waals surface area contributed by atoms with Crippen LogP contribution in [0.1, 0.15) is 38.5 Å². The third-order valence-electron chi connectivity index (χ3n) is 6.60. The van der Waals surface area contributed by atoms with Crippen molar-refractivity contribution < 1.29 is 23.5 Å². The summed E-state index contributed by atoms with van der Waals surface area (Å²) in [6, 6.07) is 5.91. The Bertz CT molecular complexity index is 776. The molecule has 1 N–H and O–H groups in total. The predicted octanol–water partition coefficient (Wildman–Crippen LogP) is 3.83. The molecule has 29 heavy (non-hydrogen) atoms. The molecule has 0 radical (unpaired) electrons. The molecular weight excluding hydrogens is 393 g/mol. The van der Waals surface area contributed by atoms with Gasteiger partial charge in [0.1, 0.15) is 5.82 Å². The number of hydrogen-bond donors (Lipinski definition) is 1. The third-order valence-corrected chi connectivity index (χ3v) is 7.50. The first kappa shape index (κ1) is 20.4. The van der Waals surface area contributed by atoms with E-state index in [2.05, 4.69) is 5.32 Å². The van der Waals surface area contributed by atoms with Gasteiger partial charge in [-0.1, -0.05) is 12.1 Å². The summed E-state index contributed by atoms with van der Waals surface area (Å²) in [6.45, 7) is -0.160. The highest BCUT2D eigenvalue weighted by molar-refractivity contribution is 8.00. The van der Waals surface area contributed by atoms with Gasteiger partial charge in [-0.05, 0) is 68.4 Å². The number of hydrogen-bond acceptors (Lipinski definition) is 5. The second-order valence-corrected chi connectivity index (χ2v) is 9.79. The van der Waals surface area contributed by atoms with Crippen molar-refractivity contribution in [3.05, 3.63) is 30.1 Å². The quantitative estimate of drug-likeness (QED) is 0.649. The number of Topliss-reactive ketones (excluding diaryl/α,β-unsaturated/α-hetero) is 1. The van der Waals surface area contributed by atoms with Gasteiger partial charge in [0.05, 0.1) is 17.2 Å². The second-order valence-electron chi connectivity index (χ2n) is 8.80. The molecule has 0 unspecified atom stereocenters. The number of thioether (sulfide) groups is 1. The minimum atomic E-state index is -0.506. The third kappa shape index (κ3) is 4.65. The molecule has 0 heterocycles. The maximum atomic E-state index is 13.5. The van der Waals surface area contributed by atoms with Crippen LogP contribution in [0.15, 0.2) is 24.3 Å². The first-order chi connectivity index (χ1) is 13.9. The molecule has 4 fully saturated rings. The lowest BCUT2D eigenvalue weighted by atomic mass is 9.48. The Morgan fingerprint density at radius 2 is 1.66 bits per heavy atom. The molecule has 156 valence electrons. The van der Waals surface area contributed by atoms with Crippen LogP contribution in [-0.4, -0.2) is 35.8 Å². The summed E-state index contributed by atoms with van der Waals surface area (Å²) in [5.74, 6) is 0.689. The van der Waals surface area contributed by atoms with Gasteiger partial charge in [0.15, 0.2) is 12.4 Å². The molecule has 0 aromatic heterocycles. The van der Waals surface area contributed by atoms with E-state index in [-0.39, 0.29) is 35.0 Å². The Morgan fingerprint density at radius 3 is 2.28 bits per heavy atom. The number of anilines is 1. The fourth-order valence-corrected chi connectivity index (χ4v) is 6.38. The second kappa shape index (κ2) is 8.46. The fourth-order valence-electron chi connectivity index (χ4n) is 5.77. The Hall–Kier alpha value is -1.89. The van der Waals surface area contributed by atoms with E-state index in [9.17, 15) is 18.8 Å². The molecule has 5 nitrogen and oxygen atoms in total. The van der Waals surface area contributed by atoms with Gasteiger partial charge in [0.2, 0.25) is 5.91 Å². The zero-order chi connectivity index (χ0) is 20.4. The van der Waals surface area contributed by atoms with E-state index in [4.69, 9.17) is 4.74 Å². The molecule has 4 aliphatic carbocycles. The fraction of sp³-hybridized carbons (Fsp3) is 0.591. The van der Waals surface area contributed by atoms with Crippen molar-refractivity contribution in [3.63, 3.8) is 0 Å². The van der Waals surface area contributed by atoms with Crippen LogP contribution in [0, 0.1) is 29.0 Å². The van der Waals surface area contributed by atoms with Crippen LogP contribution >= 0.6 is 11.8 Å². The molecule has 0 saturated heterocycles. The van der Waals surface area contributed by atoms with Crippen LogP contribution in [0.3, 0.4) is 0 Å². The van der Waals surface area contributed by atoms with Crippen molar-refractivity contribution in [2.75, 3.05) is 23.4 Å². The largest absolute Gasteiger partial charge is 0.457 e. The Balaban J connectivity index is 1.17. The summed E-state index contributed by atoms with van der Waals surface area (Å²) in [5, 5.41) is 2.47. The van der Waals surface area contributed by atoms with Gasteiger partial charge < -0.3 is 10.1 Å². The maximum Gasteiger partial charge on any atom is 0.316 e. The van der Waals surface area contributed by atoms with Crippen LogP contribution in [0.5, 0.6) is 0 Å². The average Bonchev–Trinajstić information content (AvgIpc) is 2.67. The molecule has 1 aromatic rings. The molecule has 0 aliphatic heterocycles. The Morgan fingerprint density at radius 1 is 1.03 bits per heavy atom. The summed E-state index contributed by atoms with van der Waals surface area (Å²) in [7, 11) is 0. The van der Waals surface area contributed by atoms with Gasteiger partial charge in [-0.25, -0.2) is 4.39 Å². The molecule has 4 aliphatic rings. The number of ketones is 1. The zero-order valence-corrected chi connectivity index (χ0v) is 17.1. The van der Waals surface area contributed by atoms with E-state index in [1.807, 2.05) is 0 Å². The summed E-state index contributed by atoms with van der Waals surface area (Å²) in [4.78, 5) is 36.7. The lowest BCUT2D eigenvalue weighted by molar-refractivity contribution is -0.156. The topological polar surface area (TPSA) is 72.5 Å². The molecular formula is C22H26FNO4S. The molecule has 4 saturated carbocycles. The SMILES string of the molecule is O=C(CSCC(=O)OCC(=O)C12CC3CC(CC(C3)C1)C2)Nc1ccccc1F. The number of esters is 1. The van der Waals surface area contributed by atoms with Gasteiger partial charge in [0.25, 0.3) is 0 Å². The van der Waals surface area contributed by atoms with Gasteiger partial charge >= 0.3 is 5.97 Å². The van der Waals surface area contributed by atoms with Crippen molar-refractivity contribution >= 4 is 35.1 Å². The van der Waals surface area contributed by atoms with E-state index in [1.165, 1.54) is 31.4 Å². The smallest absolute Gasteiger partial charge is 0.316 e. The minimum absolute atomic E-state index is 0.00631. The van der Waals surface area contributed by atoms with Crippen LogP contribution in [0.2, 0.25) is 0 Å². The van der Waals surface area contributed by atoms with Gasteiger partial charge in [-0.3, -0.25) is 14.4 Å². The number of amides is 1. The number of para-hydroxylation sites is 1. The van der Waals surface area contributed by atoms with E-state index in [0.29, 0.717) is 17.8 Å². The first-order valence-corrected chi connectivity index (χ1v) is 11.4. The van der Waals surface area contributed by atoms with Crippen molar-refractivity contribution in [1.82, 2.24) is 0 Å². The summed E-state index contributed by atoms with van der Waals surface area (Å²) < 4.78 is 18.7. The highest BCUT2D eigenvalue weighted by Crippen LogP contribution is 2.60. The number of carbonyl (C=O) groups is 3. The van der Waals surface area contributed by atoms with Crippen molar-refractivity contribution in [2.45, 2.75) is 38.5 Å². The van der Waals surface area contributed by atoms with Crippen molar-refractivity contribution in [1.29, 1.82) is 0 Å². The first-order valence-electron chi connectivity index (χ1n) is 10.2. The van der Waals surface area contributed by atoms with Crippen LogP contribution in [0.4, 0.5) is 10.1 Å². The van der Waals surface area contributed by atoms with Gasteiger partial charge in [-0.15, -0.1) is 11.8 Å². The summed E-state index contributed by atoms with van der Waals surface area (Å²) >= 11 is 1.09. The Labute approximate surface area is 174 Å². The standard InChI is InChI=1S/C22H26FNO4S/c23-17-3-1-2-4-18(17)24-20(26)12-29-13-21(27)28-11-19(25)22-8-14-5-15(9-22)7-16(6-14)10-22/h1-4,14-16H,5-13H2,(H,24,26). The number of carbonyl (C=O) groups excluding carboxylic acids is 3. The maximum absolute atomic E-state index is 13.5. The lowest BCUT2D eigenvalue weighted by Gasteiger charge is -2.55. The van der Waals surface area contributed by atoms with Crippen LogP contribution < -0.4 is 5.32 Å². The zero-order valence-electron chi connectivity index (χ0n) is 16.3. The number of nitrogens with one attached hydrogen (secondary N) is 1. The van der Waals surface area contributed by atoms with Crippen molar-refractivity contribution in [3.8, 4) is 0 Å². The monoisotopic (exact) mass is 419 g/mol. The highest BCUT2D eigenvalue weighted by atomic mass is 32.2. The summed E-state index contributed by atoms with van der Waals surface area (Å²) in [6.07, 6.45) is 6.66. The minimum Gasteiger partial charge on any atom is -0.457 e. The predicted molar refractivity (Wildman–Crippen MR) is 109 cm³/mol. The van der Waals surface area contributed by atoms with E-state index in [1.54, 1.807) is 12.1 Å². The number of halogens is 1. The van der Waals surface area contributed by atoms with E-state index < -0.39 is 17.7 Å². The van der Waals surface area contributed by atoms with Gasteiger partial charge in [-0.2, -0.15) is 0 Å². The molecule has 7 heteroatoms. The number of rotatable bonds is 8. The normalized spacial score (nSPS) is 29.5. The van der Waals surface area contributed by atoms with Crippen molar-refractivity contribution in [2.24, 2.45) is 23.2 Å². The molecule has 4 bridgehead atoms. The Kier molecular flexibility index (Phi) is 5.95. The molecule has 1 aromatic carbocycles. The van der Waals surface area contributed by atoms with Crippen LogP contribution in [-0.2, 0) is 19.1 Å².